The van der Waals surface area contributed by atoms with E-state index in [1.807, 2.05) is 12.1 Å². The Morgan fingerprint density at radius 1 is 1.17 bits per heavy atom. The Balaban J connectivity index is 1.46. The van der Waals surface area contributed by atoms with Crippen LogP contribution in [0.3, 0.4) is 0 Å². The van der Waals surface area contributed by atoms with E-state index in [2.05, 4.69) is 11.1 Å². The van der Waals surface area contributed by atoms with Gasteiger partial charge in [-0.2, -0.15) is 4.98 Å². The smallest absolute Gasteiger partial charge is 0.307 e. The number of aryl methyl sites for hydroxylation is 2. The van der Waals surface area contributed by atoms with Crippen LogP contribution in [0.4, 0.5) is 0 Å². The van der Waals surface area contributed by atoms with Gasteiger partial charge in [0, 0.05) is 12.3 Å². The summed E-state index contributed by atoms with van der Waals surface area (Å²) in [7, 11) is 0. The van der Waals surface area contributed by atoms with E-state index < -0.39 is 11.7 Å². The van der Waals surface area contributed by atoms with Crippen LogP contribution in [0.2, 0.25) is 0 Å². The molecular formula is C17H16N2O4. The molecule has 0 saturated heterocycles. The summed E-state index contributed by atoms with van der Waals surface area (Å²) < 4.78 is 12.4. The molecule has 1 aromatic heterocycles. The number of nitrogens with zero attached hydrogens (tertiary/aromatic N) is 2. The van der Waals surface area contributed by atoms with Crippen LogP contribution < -0.4 is 15.0 Å². The molecular weight excluding hydrogens is 296 g/mol. The highest BCUT2D eigenvalue weighted by Gasteiger charge is 2.33. The average molecular weight is 312 g/mol. The number of fused-ring (bicyclic) bond motifs is 2. The van der Waals surface area contributed by atoms with Crippen LogP contribution in [0.5, 0.6) is 11.8 Å². The van der Waals surface area contributed by atoms with Crippen molar-refractivity contribution in [2.75, 3.05) is 6.61 Å². The predicted molar refractivity (Wildman–Crippen MR) is 82.1 cm³/mol. The van der Waals surface area contributed by atoms with Gasteiger partial charge in [0.25, 0.3) is 11.5 Å². The topological polar surface area (TPSA) is 70.4 Å². The summed E-state index contributed by atoms with van der Waals surface area (Å²) in [6, 6.07) is 7.33. The third-order valence-corrected chi connectivity index (χ3v) is 4.26. The molecule has 6 nitrogen and oxygen atoms in total. The minimum absolute atomic E-state index is 0.0292. The van der Waals surface area contributed by atoms with Crippen molar-refractivity contribution in [2.45, 2.75) is 31.8 Å². The molecule has 0 bridgehead atoms. The molecule has 118 valence electrons. The monoisotopic (exact) mass is 312 g/mol. The molecule has 1 aliphatic carbocycles. The second kappa shape index (κ2) is 5.53. The molecule has 2 aliphatic rings. The van der Waals surface area contributed by atoms with Crippen molar-refractivity contribution in [2.24, 2.45) is 0 Å². The van der Waals surface area contributed by atoms with Crippen LogP contribution in [-0.4, -0.2) is 28.2 Å². The number of carbonyl (C=O) groups is 1. The highest BCUT2D eigenvalue weighted by molar-refractivity contribution is 5.86. The summed E-state index contributed by atoms with van der Waals surface area (Å²) in [6.07, 6.45) is 5.24. The second-order valence-electron chi connectivity index (χ2n) is 5.81. The van der Waals surface area contributed by atoms with Crippen LogP contribution in [0, 0.1) is 0 Å². The van der Waals surface area contributed by atoms with E-state index >= 15 is 0 Å². The van der Waals surface area contributed by atoms with E-state index in [0.717, 1.165) is 18.6 Å². The van der Waals surface area contributed by atoms with Crippen molar-refractivity contribution in [3.63, 3.8) is 0 Å². The van der Waals surface area contributed by atoms with Crippen molar-refractivity contribution in [1.29, 1.82) is 0 Å². The molecule has 0 saturated carbocycles. The van der Waals surface area contributed by atoms with Crippen LogP contribution >= 0.6 is 0 Å². The van der Waals surface area contributed by atoms with Crippen LogP contribution in [0.1, 0.15) is 28.8 Å². The van der Waals surface area contributed by atoms with Crippen LogP contribution in [0.15, 0.2) is 35.3 Å². The summed E-state index contributed by atoms with van der Waals surface area (Å²) in [5.74, 6) is 0.464. The first-order valence-corrected chi connectivity index (χ1v) is 7.76. The highest BCUT2D eigenvalue weighted by atomic mass is 16.6. The van der Waals surface area contributed by atoms with Crippen LogP contribution in [-0.2, 0) is 12.8 Å². The van der Waals surface area contributed by atoms with Gasteiger partial charge >= 0.3 is 6.01 Å². The first-order valence-electron chi connectivity index (χ1n) is 7.76. The molecule has 2 aromatic rings. The van der Waals surface area contributed by atoms with Gasteiger partial charge in [-0.15, -0.1) is 0 Å². The lowest BCUT2D eigenvalue weighted by molar-refractivity contribution is 0.0726. The third-order valence-electron chi connectivity index (χ3n) is 4.26. The summed E-state index contributed by atoms with van der Waals surface area (Å²) in [5, 5.41) is 0. The van der Waals surface area contributed by atoms with Gasteiger partial charge in [-0.25, -0.2) is 4.57 Å². The van der Waals surface area contributed by atoms with Crippen molar-refractivity contribution in [1.82, 2.24) is 9.55 Å². The van der Waals surface area contributed by atoms with Gasteiger partial charge < -0.3 is 9.47 Å². The lowest BCUT2D eigenvalue weighted by atomic mass is 9.92. The van der Waals surface area contributed by atoms with Crippen molar-refractivity contribution < 1.29 is 14.3 Å². The fourth-order valence-corrected chi connectivity index (χ4v) is 3.05. The lowest BCUT2D eigenvalue weighted by Gasteiger charge is -2.17. The maximum atomic E-state index is 12.2. The maximum Gasteiger partial charge on any atom is 0.307 e. The van der Waals surface area contributed by atoms with Gasteiger partial charge in [-0.1, -0.05) is 6.07 Å². The van der Waals surface area contributed by atoms with Crippen LogP contribution in [0.25, 0.3) is 0 Å². The third kappa shape index (κ3) is 2.60. The summed E-state index contributed by atoms with van der Waals surface area (Å²) in [6.45, 7) is 0.0924. The Bertz CT molecular complexity index is 828. The van der Waals surface area contributed by atoms with Gasteiger partial charge in [-0.05, 0) is 48.9 Å². The number of rotatable bonds is 3. The van der Waals surface area contributed by atoms with Crippen molar-refractivity contribution in [3.05, 3.63) is 51.9 Å². The molecule has 1 atom stereocenters. The van der Waals surface area contributed by atoms with Gasteiger partial charge in [0.05, 0.1) is 0 Å². The number of aromatic nitrogens is 2. The Morgan fingerprint density at radius 3 is 2.87 bits per heavy atom. The molecule has 1 aromatic carbocycles. The Kier molecular flexibility index (Phi) is 3.37. The molecule has 6 heteroatoms. The lowest BCUT2D eigenvalue weighted by Crippen LogP contribution is -2.30. The van der Waals surface area contributed by atoms with Gasteiger partial charge in [0.1, 0.15) is 12.4 Å². The first-order chi connectivity index (χ1) is 11.2. The molecule has 1 unspecified atom stereocenters. The summed E-state index contributed by atoms with van der Waals surface area (Å²) in [4.78, 5) is 27.1. The van der Waals surface area contributed by atoms with Crippen molar-refractivity contribution in [3.8, 4) is 11.8 Å². The molecule has 0 fully saturated rings. The zero-order chi connectivity index (χ0) is 15.8. The van der Waals surface area contributed by atoms with E-state index in [1.54, 1.807) is 0 Å². The molecule has 0 radical (unpaired) electrons. The highest BCUT2D eigenvalue weighted by Crippen LogP contribution is 2.26. The number of carbonyl (C=O) groups excluding carboxylic acids is 1. The Morgan fingerprint density at radius 2 is 2.00 bits per heavy atom. The number of hydrogen-bond acceptors (Lipinski definition) is 5. The zero-order valence-corrected chi connectivity index (χ0v) is 12.5. The van der Waals surface area contributed by atoms with E-state index in [4.69, 9.17) is 9.47 Å². The molecule has 0 amide bonds. The molecule has 4 rings (SSSR count). The molecule has 2 heterocycles. The van der Waals surface area contributed by atoms with Crippen molar-refractivity contribution >= 4 is 5.91 Å². The minimum atomic E-state index is -0.777. The van der Waals surface area contributed by atoms with Gasteiger partial charge in [0.15, 0.2) is 0 Å². The summed E-state index contributed by atoms with van der Waals surface area (Å²) in [5.41, 5.74) is 2.27. The second-order valence-corrected chi connectivity index (χ2v) is 5.81. The molecule has 0 N–H and O–H groups in total. The standard InChI is InChI=1S/C17H16N2O4/c20-15-7-8-19-16(21)14(23-17(19)18-15)10-22-13-6-5-11-3-1-2-4-12(11)9-13/h5-9,14H,1-4,10H2. The number of hydrogen-bond donors (Lipinski definition) is 0. The maximum absolute atomic E-state index is 12.2. The normalized spacial score (nSPS) is 19.0. The summed E-state index contributed by atoms with van der Waals surface area (Å²) >= 11 is 0. The average Bonchev–Trinajstić information content (AvgIpc) is 2.88. The van der Waals surface area contributed by atoms with Gasteiger partial charge in [-0.3, -0.25) is 9.59 Å². The SMILES string of the molecule is O=C1C(COc2ccc3c(c2)CCCC3)Oc2nc(=O)ccn21. The van der Waals surface area contributed by atoms with E-state index in [1.165, 1.54) is 40.8 Å². The number of benzene rings is 1. The van der Waals surface area contributed by atoms with E-state index in [0.29, 0.717) is 0 Å². The van der Waals surface area contributed by atoms with Gasteiger partial charge in [0.2, 0.25) is 6.10 Å². The first kappa shape index (κ1) is 14.0. The molecule has 0 spiro atoms. The Hall–Kier alpha value is -2.63. The zero-order valence-electron chi connectivity index (χ0n) is 12.5. The fraction of sp³-hybridized carbons (Fsp3) is 0.353. The van der Waals surface area contributed by atoms with E-state index in [9.17, 15) is 9.59 Å². The fourth-order valence-electron chi connectivity index (χ4n) is 3.05. The minimum Gasteiger partial charge on any atom is -0.489 e. The number of ether oxygens (including phenoxy) is 2. The molecule has 23 heavy (non-hydrogen) atoms. The van der Waals surface area contributed by atoms with E-state index in [-0.39, 0.29) is 18.5 Å². The molecule has 1 aliphatic heterocycles. The largest absolute Gasteiger partial charge is 0.489 e. The quantitative estimate of drug-likeness (QED) is 0.861. The Labute approximate surface area is 132 Å². The predicted octanol–water partition coefficient (Wildman–Crippen LogP) is 1.60.